The SMILES string of the molecule is CC(O)C1CCN(Cc2cc(F)cc(CN)c2)C1. The van der Waals surface area contributed by atoms with Crippen LogP contribution in [-0.2, 0) is 13.1 Å². The molecule has 0 radical (unpaired) electrons. The summed E-state index contributed by atoms with van der Waals surface area (Å²) in [5.74, 6) is 0.117. The number of likely N-dealkylation sites (tertiary alicyclic amines) is 1. The molecule has 1 aromatic carbocycles. The van der Waals surface area contributed by atoms with Crippen LogP contribution in [0.25, 0.3) is 0 Å². The van der Waals surface area contributed by atoms with Gasteiger partial charge < -0.3 is 10.8 Å². The highest BCUT2D eigenvalue weighted by atomic mass is 19.1. The zero-order chi connectivity index (χ0) is 13.1. The van der Waals surface area contributed by atoms with Crippen molar-refractivity contribution in [3.05, 3.63) is 35.1 Å². The molecule has 1 fully saturated rings. The van der Waals surface area contributed by atoms with Crippen molar-refractivity contribution in [3.63, 3.8) is 0 Å². The Balaban J connectivity index is 2.00. The third kappa shape index (κ3) is 3.28. The highest BCUT2D eigenvalue weighted by molar-refractivity contribution is 5.24. The fraction of sp³-hybridized carbons (Fsp3) is 0.571. The van der Waals surface area contributed by atoms with Crippen molar-refractivity contribution in [2.24, 2.45) is 11.7 Å². The Morgan fingerprint density at radius 3 is 2.78 bits per heavy atom. The van der Waals surface area contributed by atoms with E-state index in [0.717, 1.165) is 37.2 Å². The van der Waals surface area contributed by atoms with E-state index in [1.165, 1.54) is 6.07 Å². The van der Waals surface area contributed by atoms with Crippen LogP contribution >= 0.6 is 0 Å². The van der Waals surface area contributed by atoms with Gasteiger partial charge in [0.05, 0.1) is 6.10 Å². The summed E-state index contributed by atoms with van der Waals surface area (Å²) in [6.45, 7) is 4.77. The molecule has 4 heteroatoms. The third-order valence-electron chi connectivity index (χ3n) is 3.65. The first-order valence-electron chi connectivity index (χ1n) is 6.47. The quantitative estimate of drug-likeness (QED) is 0.853. The lowest BCUT2D eigenvalue weighted by atomic mass is 10.0. The Bertz CT molecular complexity index is 409. The van der Waals surface area contributed by atoms with E-state index < -0.39 is 0 Å². The van der Waals surface area contributed by atoms with Gasteiger partial charge in [0.25, 0.3) is 0 Å². The van der Waals surface area contributed by atoms with Crippen LogP contribution in [-0.4, -0.2) is 29.2 Å². The van der Waals surface area contributed by atoms with E-state index in [1.54, 1.807) is 6.07 Å². The van der Waals surface area contributed by atoms with Crippen LogP contribution < -0.4 is 5.73 Å². The summed E-state index contributed by atoms with van der Waals surface area (Å²) >= 11 is 0. The molecule has 100 valence electrons. The molecule has 3 nitrogen and oxygen atoms in total. The number of nitrogens with two attached hydrogens (primary N) is 1. The smallest absolute Gasteiger partial charge is 0.123 e. The number of halogens is 1. The Morgan fingerprint density at radius 2 is 2.17 bits per heavy atom. The number of hydrogen-bond donors (Lipinski definition) is 2. The first-order chi connectivity index (χ1) is 8.58. The molecule has 0 spiro atoms. The summed E-state index contributed by atoms with van der Waals surface area (Å²) in [5, 5.41) is 9.56. The van der Waals surface area contributed by atoms with E-state index in [9.17, 15) is 9.50 Å². The number of aliphatic hydroxyl groups excluding tert-OH is 1. The van der Waals surface area contributed by atoms with E-state index in [4.69, 9.17) is 5.73 Å². The Labute approximate surface area is 107 Å². The molecule has 0 aromatic heterocycles. The molecule has 1 aliphatic rings. The van der Waals surface area contributed by atoms with Crippen molar-refractivity contribution in [2.75, 3.05) is 13.1 Å². The van der Waals surface area contributed by atoms with Gasteiger partial charge in [-0.1, -0.05) is 6.07 Å². The molecule has 3 N–H and O–H groups in total. The van der Waals surface area contributed by atoms with Crippen molar-refractivity contribution in [1.82, 2.24) is 4.90 Å². The largest absolute Gasteiger partial charge is 0.393 e. The lowest BCUT2D eigenvalue weighted by Gasteiger charge is -2.17. The summed E-state index contributed by atoms with van der Waals surface area (Å²) in [4.78, 5) is 2.26. The average molecular weight is 252 g/mol. The molecule has 2 atom stereocenters. The van der Waals surface area contributed by atoms with Gasteiger partial charge in [0, 0.05) is 19.6 Å². The maximum atomic E-state index is 13.4. The van der Waals surface area contributed by atoms with Crippen LogP contribution in [0.2, 0.25) is 0 Å². The lowest BCUT2D eigenvalue weighted by molar-refractivity contribution is 0.127. The van der Waals surface area contributed by atoms with Gasteiger partial charge in [0.1, 0.15) is 5.82 Å². The number of hydrogen-bond acceptors (Lipinski definition) is 3. The molecular weight excluding hydrogens is 231 g/mol. The Hall–Kier alpha value is -0.970. The van der Waals surface area contributed by atoms with Crippen LogP contribution in [0.1, 0.15) is 24.5 Å². The van der Waals surface area contributed by atoms with Crippen LogP contribution in [0.15, 0.2) is 18.2 Å². The van der Waals surface area contributed by atoms with E-state index in [-0.39, 0.29) is 11.9 Å². The number of aliphatic hydroxyl groups is 1. The topological polar surface area (TPSA) is 49.5 Å². The molecule has 2 rings (SSSR count). The van der Waals surface area contributed by atoms with Gasteiger partial charge in [-0.3, -0.25) is 4.90 Å². The molecule has 1 heterocycles. The summed E-state index contributed by atoms with van der Waals surface area (Å²) < 4.78 is 13.4. The van der Waals surface area contributed by atoms with Gasteiger partial charge in [-0.05, 0) is 49.1 Å². The summed E-state index contributed by atoms with van der Waals surface area (Å²) in [6, 6.07) is 5.00. The van der Waals surface area contributed by atoms with Crippen molar-refractivity contribution in [1.29, 1.82) is 0 Å². The van der Waals surface area contributed by atoms with E-state index in [2.05, 4.69) is 4.90 Å². The maximum Gasteiger partial charge on any atom is 0.123 e. The highest BCUT2D eigenvalue weighted by Crippen LogP contribution is 2.22. The molecule has 18 heavy (non-hydrogen) atoms. The zero-order valence-corrected chi connectivity index (χ0v) is 10.8. The Morgan fingerprint density at radius 1 is 1.44 bits per heavy atom. The van der Waals surface area contributed by atoms with E-state index in [1.807, 2.05) is 13.0 Å². The molecular formula is C14H21FN2O. The fourth-order valence-corrected chi connectivity index (χ4v) is 2.58. The number of rotatable bonds is 4. The molecule has 2 unspecified atom stereocenters. The molecule has 0 amide bonds. The minimum atomic E-state index is -0.262. The number of nitrogens with zero attached hydrogens (tertiary/aromatic N) is 1. The predicted octanol–water partition coefficient (Wildman–Crippen LogP) is 1.49. The van der Waals surface area contributed by atoms with Gasteiger partial charge in [0.15, 0.2) is 0 Å². The molecule has 0 bridgehead atoms. The number of benzene rings is 1. The van der Waals surface area contributed by atoms with Gasteiger partial charge in [-0.25, -0.2) is 4.39 Å². The minimum absolute atomic E-state index is 0.223. The second-order valence-electron chi connectivity index (χ2n) is 5.20. The average Bonchev–Trinajstić information content (AvgIpc) is 2.76. The van der Waals surface area contributed by atoms with Gasteiger partial charge in [-0.15, -0.1) is 0 Å². The van der Waals surface area contributed by atoms with Crippen LogP contribution in [0.5, 0.6) is 0 Å². The van der Waals surface area contributed by atoms with Crippen molar-refractivity contribution in [3.8, 4) is 0 Å². The van der Waals surface area contributed by atoms with Crippen molar-refractivity contribution >= 4 is 0 Å². The molecule has 1 aliphatic heterocycles. The van der Waals surface area contributed by atoms with E-state index in [0.29, 0.717) is 12.5 Å². The van der Waals surface area contributed by atoms with E-state index >= 15 is 0 Å². The monoisotopic (exact) mass is 252 g/mol. The van der Waals surface area contributed by atoms with Gasteiger partial charge in [-0.2, -0.15) is 0 Å². The standard InChI is InChI=1S/C14H21FN2O/c1-10(18)13-2-3-17(9-13)8-12-4-11(7-16)5-14(15)6-12/h4-6,10,13,18H,2-3,7-9,16H2,1H3. The lowest BCUT2D eigenvalue weighted by Crippen LogP contribution is -2.24. The first kappa shape index (κ1) is 13.5. The molecule has 0 saturated carbocycles. The zero-order valence-electron chi connectivity index (χ0n) is 10.8. The highest BCUT2D eigenvalue weighted by Gasteiger charge is 2.25. The third-order valence-corrected chi connectivity index (χ3v) is 3.65. The van der Waals surface area contributed by atoms with Crippen molar-refractivity contribution in [2.45, 2.75) is 32.5 Å². The van der Waals surface area contributed by atoms with Gasteiger partial charge >= 0.3 is 0 Å². The minimum Gasteiger partial charge on any atom is -0.393 e. The normalized spacial score (nSPS) is 22.3. The van der Waals surface area contributed by atoms with Gasteiger partial charge in [0.2, 0.25) is 0 Å². The fourth-order valence-electron chi connectivity index (χ4n) is 2.58. The van der Waals surface area contributed by atoms with Crippen LogP contribution in [0.3, 0.4) is 0 Å². The second-order valence-corrected chi connectivity index (χ2v) is 5.20. The van der Waals surface area contributed by atoms with Crippen LogP contribution in [0, 0.1) is 11.7 Å². The molecule has 0 aliphatic carbocycles. The predicted molar refractivity (Wildman–Crippen MR) is 69.4 cm³/mol. The summed E-state index contributed by atoms with van der Waals surface area (Å²) in [5.41, 5.74) is 7.33. The molecule has 1 saturated heterocycles. The van der Waals surface area contributed by atoms with Crippen molar-refractivity contribution < 1.29 is 9.50 Å². The summed E-state index contributed by atoms with van der Waals surface area (Å²) in [7, 11) is 0. The maximum absolute atomic E-state index is 13.4. The summed E-state index contributed by atoms with van der Waals surface area (Å²) in [6.07, 6.45) is 0.749. The Kier molecular flexibility index (Phi) is 4.32. The van der Waals surface area contributed by atoms with Crippen LogP contribution in [0.4, 0.5) is 4.39 Å². The second kappa shape index (κ2) is 5.78. The molecule has 1 aromatic rings. The first-order valence-corrected chi connectivity index (χ1v) is 6.47.